The van der Waals surface area contributed by atoms with Crippen LogP contribution in [0.5, 0.6) is 0 Å². The maximum absolute atomic E-state index is 10.9. The number of carboxylic acid groups (broad SMARTS) is 1. The van der Waals surface area contributed by atoms with Crippen LogP contribution in [0, 0.1) is 10.1 Å². The zero-order chi connectivity index (χ0) is 14.6. The Bertz CT molecular complexity index is 590. The maximum Gasteiger partial charge on any atom is 0.342 e. The molecule has 0 spiro atoms. The lowest BCUT2D eigenvalue weighted by Gasteiger charge is -2.00. The van der Waals surface area contributed by atoms with E-state index >= 15 is 0 Å². The molecule has 1 aromatic carbocycles. The number of aromatic carboxylic acids is 1. The Morgan fingerprint density at radius 3 is 2.42 bits per heavy atom. The predicted octanol–water partition coefficient (Wildman–Crippen LogP) is -0.487. The second kappa shape index (κ2) is 5.44. The van der Waals surface area contributed by atoms with Gasteiger partial charge >= 0.3 is 5.97 Å². The van der Waals surface area contributed by atoms with E-state index in [1.807, 2.05) is 0 Å². The van der Waals surface area contributed by atoms with Gasteiger partial charge in [-0.25, -0.2) is 9.79 Å². The molecule has 19 heavy (non-hydrogen) atoms. The van der Waals surface area contributed by atoms with E-state index in [2.05, 4.69) is 9.98 Å². The number of nitro groups is 1. The van der Waals surface area contributed by atoms with Gasteiger partial charge in [-0.3, -0.25) is 10.1 Å². The fourth-order valence-electron chi connectivity index (χ4n) is 1.21. The highest BCUT2D eigenvalue weighted by Gasteiger charge is 2.19. The zero-order valence-corrected chi connectivity index (χ0v) is 9.48. The Labute approximate surface area is 106 Å². The van der Waals surface area contributed by atoms with Gasteiger partial charge in [0, 0.05) is 6.07 Å². The molecule has 0 amide bonds. The molecule has 0 unspecified atom stereocenters. The molecule has 0 aromatic heterocycles. The van der Waals surface area contributed by atoms with E-state index in [9.17, 15) is 14.9 Å². The Morgan fingerprint density at radius 2 is 1.95 bits per heavy atom. The van der Waals surface area contributed by atoms with Gasteiger partial charge in [0.15, 0.2) is 5.96 Å². The minimum Gasteiger partial charge on any atom is -0.477 e. The lowest BCUT2D eigenvalue weighted by Crippen LogP contribution is -2.26. The van der Waals surface area contributed by atoms with Crippen molar-refractivity contribution in [2.45, 2.75) is 0 Å². The lowest BCUT2D eigenvalue weighted by molar-refractivity contribution is -0.385. The van der Waals surface area contributed by atoms with Gasteiger partial charge in [0.05, 0.1) is 10.6 Å². The molecule has 0 radical (unpaired) electrons. The first kappa shape index (κ1) is 13.9. The fourth-order valence-corrected chi connectivity index (χ4v) is 1.21. The van der Waals surface area contributed by atoms with Crippen LogP contribution >= 0.6 is 0 Å². The number of carboxylic acids is 1. The van der Waals surface area contributed by atoms with Crippen molar-refractivity contribution in [1.82, 2.24) is 0 Å². The number of nitrogens with two attached hydrogens (primary N) is 3. The summed E-state index contributed by atoms with van der Waals surface area (Å²) < 4.78 is 0. The first-order valence-corrected chi connectivity index (χ1v) is 4.76. The highest BCUT2D eigenvalue weighted by molar-refractivity contribution is 5.95. The summed E-state index contributed by atoms with van der Waals surface area (Å²) in [5, 5.41) is 19.5. The second-order valence-electron chi connectivity index (χ2n) is 3.27. The predicted molar refractivity (Wildman–Crippen MR) is 67.1 cm³/mol. The van der Waals surface area contributed by atoms with Crippen LogP contribution in [0.3, 0.4) is 0 Å². The van der Waals surface area contributed by atoms with Crippen molar-refractivity contribution in [3.8, 4) is 0 Å². The van der Waals surface area contributed by atoms with E-state index in [1.54, 1.807) is 0 Å². The molecule has 0 heterocycles. The molecule has 0 aliphatic carbocycles. The largest absolute Gasteiger partial charge is 0.477 e. The molecular weight excluding hydrogens is 256 g/mol. The minimum absolute atomic E-state index is 0.0745. The van der Waals surface area contributed by atoms with Gasteiger partial charge in [-0.1, -0.05) is 0 Å². The van der Waals surface area contributed by atoms with Crippen LogP contribution in [0.25, 0.3) is 0 Å². The highest BCUT2D eigenvalue weighted by Crippen LogP contribution is 2.24. The Balaban J connectivity index is 3.27. The third-order valence-electron chi connectivity index (χ3n) is 1.89. The molecule has 0 saturated heterocycles. The fraction of sp³-hybridized carbons (Fsp3) is 0. The minimum atomic E-state index is -1.45. The number of rotatable bonds is 3. The molecule has 0 aliphatic rings. The van der Waals surface area contributed by atoms with Crippen molar-refractivity contribution in [3.05, 3.63) is 33.9 Å². The molecule has 0 aliphatic heterocycles. The van der Waals surface area contributed by atoms with E-state index in [0.29, 0.717) is 0 Å². The van der Waals surface area contributed by atoms with Crippen molar-refractivity contribution >= 4 is 29.3 Å². The summed E-state index contributed by atoms with van der Waals surface area (Å²) in [5.74, 6) is -2.07. The topological polar surface area (TPSA) is 183 Å². The molecule has 100 valence electrons. The van der Waals surface area contributed by atoms with Crippen LogP contribution in [0.15, 0.2) is 28.2 Å². The summed E-state index contributed by atoms with van der Waals surface area (Å²) in [6.07, 6.45) is 0. The quantitative estimate of drug-likeness (QED) is 0.246. The first-order chi connectivity index (χ1) is 8.81. The van der Waals surface area contributed by atoms with E-state index in [4.69, 9.17) is 22.3 Å². The monoisotopic (exact) mass is 266 g/mol. The Kier molecular flexibility index (Phi) is 3.98. The van der Waals surface area contributed by atoms with Crippen molar-refractivity contribution in [2.75, 3.05) is 0 Å². The molecule has 0 bridgehead atoms. The van der Waals surface area contributed by atoms with Crippen molar-refractivity contribution in [3.63, 3.8) is 0 Å². The van der Waals surface area contributed by atoms with Crippen LogP contribution < -0.4 is 17.2 Å². The molecular formula is C9H10N6O4. The third-order valence-corrected chi connectivity index (χ3v) is 1.89. The number of guanidine groups is 2. The van der Waals surface area contributed by atoms with Gasteiger partial charge in [-0.15, -0.1) is 0 Å². The number of nitro benzene ring substituents is 1. The summed E-state index contributed by atoms with van der Waals surface area (Å²) >= 11 is 0. The number of aliphatic imine (C=N–C) groups is 2. The van der Waals surface area contributed by atoms with E-state index in [-0.39, 0.29) is 17.6 Å². The summed E-state index contributed by atoms with van der Waals surface area (Å²) in [4.78, 5) is 27.8. The van der Waals surface area contributed by atoms with Gasteiger partial charge in [-0.2, -0.15) is 4.99 Å². The maximum atomic E-state index is 10.9. The molecule has 0 fully saturated rings. The molecule has 1 aromatic rings. The smallest absolute Gasteiger partial charge is 0.342 e. The number of hydrogen-bond donors (Lipinski definition) is 4. The van der Waals surface area contributed by atoms with Gasteiger partial charge < -0.3 is 22.3 Å². The zero-order valence-electron chi connectivity index (χ0n) is 9.48. The summed E-state index contributed by atoms with van der Waals surface area (Å²) in [6.45, 7) is 0. The molecule has 1 rings (SSSR count). The molecule has 10 nitrogen and oxygen atoms in total. The first-order valence-electron chi connectivity index (χ1n) is 4.76. The van der Waals surface area contributed by atoms with Crippen LogP contribution in [-0.4, -0.2) is 27.9 Å². The SMILES string of the molecule is NC(N)=NC(N)=Nc1ccc([N+](=O)[O-])c(C(=O)O)c1. The standard InChI is InChI=1S/C9H10N6O4/c10-8(11)14-9(12)13-4-1-2-6(15(18)19)5(3-4)7(16)17/h1-3H,(H,16,17)(H6,10,11,12,13,14). The Morgan fingerprint density at radius 1 is 1.32 bits per heavy atom. The van der Waals surface area contributed by atoms with Crippen molar-refractivity contribution < 1.29 is 14.8 Å². The lowest BCUT2D eigenvalue weighted by atomic mass is 10.1. The van der Waals surface area contributed by atoms with E-state index in [1.165, 1.54) is 6.07 Å². The van der Waals surface area contributed by atoms with Crippen LogP contribution in [0.1, 0.15) is 10.4 Å². The molecule has 0 atom stereocenters. The van der Waals surface area contributed by atoms with Gasteiger partial charge in [0.25, 0.3) is 5.69 Å². The number of carbonyl (C=O) groups is 1. The normalized spacial score (nSPS) is 10.8. The van der Waals surface area contributed by atoms with E-state index < -0.39 is 22.1 Å². The van der Waals surface area contributed by atoms with Crippen LogP contribution in [0.4, 0.5) is 11.4 Å². The third kappa shape index (κ3) is 3.66. The van der Waals surface area contributed by atoms with Crippen LogP contribution in [0.2, 0.25) is 0 Å². The number of hydrogen-bond acceptors (Lipinski definition) is 4. The summed E-state index contributed by atoms with van der Waals surface area (Å²) in [5.41, 5.74) is 14.5. The average molecular weight is 266 g/mol. The van der Waals surface area contributed by atoms with Crippen molar-refractivity contribution in [1.29, 1.82) is 0 Å². The van der Waals surface area contributed by atoms with E-state index in [0.717, 1.165) is 12.1 Å². The molecule has 10 heteroatoms. The summed E-state index contributed by atoms with van der Waals surface area (Å²) in [7, 11) is 0. The van der Waals surface area contributed by atoms with Gasteiger partial charge in [-0.05, 0) is 12.1 Å². The van der Waals surface area contributed by atoms with Crippen molar-refractivity contribution in [2.24, 2.45) is 27.2 Å². The summed E-state index contributed by atoms with van der Waals surface area (Å²) in [6, 6.07) is 3.22. The Hall–Kier alpha value is -3.17. The molecule has 7 N–H and O–H groups in total. The van der Waals surface area contributed by atoms with Gasteiger partial charge in [0.2, 0.25) is 5.96 Å². The highest BCUT2D eigenvalue weighted by atomic mass is 16.6. The van der Waals surface area contributed by atoms with Gasteiger partial charge in [0.1, 0.15) is 5.56 Å². The number of benzene rings is 1. The second-order valence-corrected chi connectivity index (χ2v) is 3.27. The van der Waals surface area contributed by atoms with Crippen LogP contribution in [-0.2, 0) is 0 Å². The molecule has 0 saturated carbocycles. The number of nitrogens with zero attached hydrogens (tertiary/aromatic N) is 3. The average Bonchev–Trinajstić information content (AvgIpc) is 2.27.